The summed E-state index contributed by atoms with van der Waals surface area (Å²) in [4.78, 5) is 0. The van der Waals surface area contributed by atoms with Gasteiger partial charge in [0.25, 0.3) is 0 Å². The molecule has 0 fully saturated rings. The highest BCUT2D eigenvalue weighted by molar-refractivity contribution is 7.85. The Kier molecular flexibility index (Phi) is 6.54. The van der Waals surface area contributed by atoms with Crippen LogP contribution in [0.4, 0.5) is 0 Å². The zero-order valence-electron chi connectivity index (χ0n) is 24.8. The van der Waals surface area contributed by atoms with Crippen LogP contribution in [0, 0.1) is 0 Å². The topological polar surface area (TPSA) is 17.1 Å². The molecule has 0 aliphatic carbocycles. The molecular formula is C42H27OPS2. The molecular weight excluding hydrogens is 616 g/mol. The maximum Gasteiger partial charge on any atom is 0.171 e. The minimum atomic E-state index is -3.07. The predicted molar refractivity (Wildman–Crippen MR) is 202 cm³/mol. The Hall–Kier alpha value is -4.79. The van der Waals surface area contributed by atoms with Crippen LogP contribution >= 0.6 is 29.8 Å². The third kappa shape index (κ3) is 4.39. The van der Waals surface area contributed by atoms with Gasteiger partial charge >= 0.3 is 0 Å². The molecule has 7 aromatic carbocycles. The fourth-order valence-corrected chi connectivity index (χ4v) is 11.6. The zero-order chi connectivity index (χ0) is 30.7. The van der Waals surface area contributed by atoms with Crippen molar-refractivity contribution < 1.29 is 4.57 Å². The average Bonchev–Trinajstić information content (AvgIpc) is 3.70. The van der Waals surface area contributed by atoms with E-state index in [9.17, 15) is 0 Å². The quantitative estimate of drug-likeness (QED) is 0.171. The molecule has 0 radical (unpaired) electrons. The van der Waals surface area contributed by atoms with Crippen molar-refractivity contribution in [2.75, 3.05) is 0 Å². The highest BCUT2D eigenvalue weighted by atomic mass is 32.1. The first kappa shape index (κ1) is 27.5. The van der Waals surface area contributed by atoms with Crippen LogP contribution in [0.2, 0.25) is 0 Å². The molecule has 0 atom stereocenters. The molecule has 0 bridgehead atoms. The van der Waals surface area contributed by atoms with E-state index in [-0.39, 0.29) is 0 Å². The Bertz CT molecular complexity index is 2570. The summed E-state index contributed by atoms with van der Waals surface area (Å²) in [5.41, 5.74) is 4.70. The molecule has 46 heavy (non-hydrogen) atoms. The van der Waals surface area contributed by atoms with E-state index in [1.807, 2.05) is 95.5 Å². The number of fused-ring (bicyclic) bond motifs is 6. The molecule has 0 spiro atoms. The molecule has 0 unspecified atom stereocenters. The Balaban J connectivity index is 1.19. The molecule has 0 saturated heterocycles. The Labute approximate surface area is 275 Å². The molecule has 0 aliphatic heterocycles. The number of hydrogen-bond acceptors (Lipinski definition) is 3. The van der Waals surface area contributed by atoms with Crippen LogP contribution < -0.4 is 15.9 Å². The van der Waals surface area contributed by atoms with Crippen molar-refractivity contribution in [1.82, 2.24) is 0 Å². The molecule has 2 aromatic heterocycles. The van der Waals surface area contributed by atoms with Gasteiger partial charge < -0.3 is 4.57 Å². The van der Waals surface area contributed by atoms with Crippen molar-refractivity contribution in [3.05, 3.63) is 164 Å². The van der Waals surface area contributed by atoms with E-state index in [2.05, 4.69) is 91.0 Å². The summed E-state index contributed by atoms with van der Waals surface area (Å²) >= 11 is 3.70. The van der Waals surface area contributed by atoms with Gasteiger partial charge in [-0.2, -0.15) is 0 Å². The van der Waals surface area contributed by atoms with E-state index in [0.717, 1.165) is 27.0 Å². The SMILES string of the molecule is O=P(c1ccccc1)(c1ccccc1)c1cccc(-c2ccc3sc4ccc(-c5cccc6sc7ccccc7c56)cc4c3c2)c1. The van der Waals surface area contributed by atoms with Crippen LogP contribution in [0.3, 0.4) is 0 Å². The number of hydrogen-bond donors (Lipinski definition) is 0. The monoisotopic (exact) mass is 642 g/mol. The predicted octanol–water partition coefficient (Wildman–Crippen LogP) is 11.4. The lowest BCUT2D eigenvalue weighted by Crippen LogP contribution is -2.25. The zero-order valence-corrected chi connectivity index (χ0v) is 27.3. The van der Waals surface area contributed by atoms with Crippen molar-refractivity contribution in [1.29, 1.82) is 0 Å². The van der Waals surface area contributed by atoms with Gasteiger partial charge in [0.1, 0.15) is 0 Å². The Morgan fingerprint density at radius 2 is 0.891 bits per heavy atom. The van der Waals surface area contributed by atoms with Crippen LogP contribution in [0.25, 0.3) is 62.6 Å². The molecule has 0 aliphatic rings. The minimum absolute atomic E-state index is 0.844. The lowest BCUT2D eigenvalue weighted by molar-refractivity contribution is 0.592. The van der Waals surface area contributed by atoms with Crippen LogP contribution in [0.5, 0.6) is 0 Å². The summed E-state index contributed by atoms with van der Waals surface area (Å²) in [7, 11) is -3.07. The van der Waals surface area contributed by atoms with Gasteiger partial charge in [0, 0.05) is 56.3 Å². The van der Waals surface area contributed by atoms with Crippen LogP contribution in [-0.4, -0.2) is 0 Å². The molecule has 0 N–H and O–H groups in total. The second-order valence-electron chi connectivity index (χ2n) is 11.6. The third-order valence-electron chi connectivity index (χ3n) is 8.97. The summed E-state index contributed by atoms with van der Waals surface area (Å²) in [6.07, 6.45) is 0. The lowest BCUT2D eigenvalue weighted by atomic mass is 9.97. The fourth-order valence-electron chi connectivity index (χ4n) is 6.74. The van der Waals surface area contributed by atoms with Crippen molar-refractivity contribution in [2.24, 2.45) is 0 Å². The maximum atomic E-state index is 15.1. The molecule has 218 valence electrons. The molecule has 0 saturated carbocycles. The first-order valence-electron chi connectivity index (χ1n) is 15.4. The van der Waals surface area contributed by atoms with Crippen molar-refractivity contribution in [2.45, 2.75) is 0 Å². The van der Waals surface area contributed by atoms with Crippen LogP contribution in [-0.2, 0) is 4.57 Å². The third-order valence-corrected chi connectivity index (χ3v) is 14.3. The average molecular weight is 643 g/mol. The summed E-state index contributed by atoms with van der Waals surface area (Å²) in [6, 6.07) is 57.2. The molecule has 1 nitrogen and oxygen atoms in total. The molecule has 0 amide bonds. The highest BCUT2D eigenvalue weighted by Crippen LogP contribution is 2.45. The highest BCUT2D eigenvalue weighted by Gasteiger charge is 2.29. The number of benzene rings is 7. The van der Waals surface area contributed by atoms with E-state index >= 15 is 4.57 Å². The van der Waals surface area contributed by atoms with E-state index in [4.69, 9.17) is 0 Å². The summed E-state index contributed by atoms with van der Waals surface area (Å²) in [5, 5.41) is 7.71. The Morgan fingerprint density at radius 3 is 1.63 bits per heavy atom. The van der Waals surface area contributed by atoms with Gasteiger partial charge in [-0.05, 0) is 64.7 Å². The summed E-state index contributed by atoms with van der Waals surface area (Å²) in [5.74, 6) is 0. The van der Waals surface area contributed by atoms with Gasteiger partial charge in [0.2, 0.25) is 0 Å². The van der Waals surface area contributed by atoms with Gasteiger partial charge in [-0.15, -0.1) is 22.7 Å². The van der Waals surface area contributed by atoms with E-state index in [0.29, 0.717) is 0 Å². The van der Waals surface area contributed by atoms with E-state index in [1.54, 1.807) is 0 Å². The van der Waals surface area contributed by atoms with Gasteiger partial charge in [-0.1, -0.05) is 121 Å². The summed E-state index contributed by atoms with van der Waals surface area (Å²) < 4.78 is 20.3. The number of rotatable bonds is 5. The smallest absolute Gasteiger partial charge is 0.171 e. The van der Waals surface area contributed by atoms with E-state index in [1.165, 1.54) is 51.5 Å². The second-order valence-corrected chi connectivity index (χ2v) is 16.6. The molecule has 9 rings (SSSR count). The van der Waals surface area contributed by atoms with Gasteiger partial charge in [0.15, 0.2) is 7.14 Å². The van der Waals surface area contributed by atoms with Crippen molar-refractivity contribution in [3.8, 4) is 22.3 Å². The molecule has 9 aromatic rings. The largest absolute Gasteiger partial charge is 0.309 e. The van der Waals surface area contributed by atoms with Crippen molar-refractivity contribution >= 4 is 86.1 Å². The molecule has 4 heteroatoms. The fraction of sp³-hybridized carbons (Fsp3) is 0. The normalized spacial score (nSPS) is 12.0. The minimum Gasteiger partial charge on any atom is -0.309 e. The standard InChI is InChI=1S/C42H27OPS2/c43-44(31-12-3-1-4-13-31,32-14-5-2-6-15-32)33-16-9-11-28(25-33)29-21-23-39-36(26-29)37-27-30(22-24-40(37)45-39)34-18-10-20-41-42(34)35-17-7-8-19-38(35)46-41/h1-27H. The Morgan fingerprint density at radius 1 is 0.370 bits per heavy atom. The lowest BCUT2D eigenvalue weighted by Gasteiger charge is -2.20. The van der Waals surface area contributed by atoms with Gasteiger partial charge in [0.05, 0.1) is 0 Å². The summed E-state index contributed by atoms with van der Waals surface area (Å²) in [6.45, 7) is 0. The maximum absolute atomic E-state index is 15.1. The first-order valence-corrected chi connectivity index (χ1v) is 18.7. The second kappa shape index (κ2) is 10.9. The first-order chi connectivity index (χ1) is 22.7. The number of thiophene rings is 2. The van der Waals surface area contributed by atoms with Gasteiger partial charge in [-0.3, -0.25) is 0 Å². The van der Waals surface area contributed by atoms with Crippen molar-refractivity contribution in [3.63, 3.8) is 0 Å². The van der Waals surface area contributed by atoms with E-state index < -0.39 is 7.14 Å². The van der Waals surface area contributed by atoms with Crippen LogP contribution in [0.1, 0.15) is 0 Å². The molecule has 2 heterocycles. The van der Waals surface area contributed by atoms with Gasteiger partial charge in [-0.25, -0.2) is 0 Å². The van der Waals surface area contributed by atoms with Crippen LogP contribution in [0.15, 0.2) is 164 Å².